The number of aliphatic carboxylic acids is 1. The average Bonchev–Trinajstić information content (AvgIpc) is 3.15. The van der Waals surface area contributed by atoms with E-state index in [0.29, 0.717) is 17.8 Å². The summed E-state index contributed by atoms with van der Waals surface area (Å²) in [5.74, 6) is -2.00. The third kappa shape index (κ3) is 3.24. The Labute approximate surface area is 176 Å². The number of hydrogen-bond acceptors (Lipinski definition) is 5. The van der Waals surface area contributed by atoms with Gasteiger partial charge in [0.2, 0.25) is 0 Å². The van der Waals surface area contributed by atoms with Crippen molar-refractivity contribution >= 4 is 57.3 Å². The molecular weight excluding hydrogens is 408 g/mol. The molecule has 2 aliphatic heterocycles. The van der Waals surface area contributed by atoms with Gasteiger partial charge in [-0.05, 0) is 18.6 Å². The summed E-state index contributed by atoms with van der Waals surface area (Å²) in [6.07, 6.45) is 0. The van der Waals surface area contributed by atoms with E-state index in [1.807, 2.05) is 42.5 Å². The van der Waals surface area contributed by atoms with Gasteiger partial charge in [-0.15, -0.1) is 0 Å². The fourth-order valence-electron chi connectivity index (χ4n) is 3.40. The molecule has 29 heavy (non-hydrogen) atoms. The number of nitrogens with zero attached hydrogens (tertiary/aromatic N) is 2. The second kappa shape index (κ2) is 7.46. The number of carbonyl (C=O) groups excluding carboxylic acids is 2. The average molecular weight is 425 g/mol. The molecule has 2 amide bonds. The molecule has 0 radical (unpaired) electrons. The van der Waals surface area contributed by atoms with Gasteiger partial charge in [-0.1, -0.05) is 72.5 Å². The summed E-state index contributed by atoms with van der Waals surface area (Å²) >= 11 is 6.22. The van der Waals surface area contributed by atoms with Crippen LogP contribution in [0.4, 0.5) is 5.69 Å². The number of carbonyl (C=O) groups is 3. The SMILES string of the molecule is C[C@@H](C(=O)O)N1C(=O)/C(=C2\C(=O)N(Cc3ccccc3)c3ccccc32)SC1=S. The molecule has 0 bridgehead atoms. The van der Waals surface area contributed by atoms with Gasteiger partial charge in [0.1, 0.15) is 10.4 Å². The molecule has 2 aromatic rings. The maximum atomic E-state index is 13.3. The molecule has 2 aromatic carbocycles. The number of para-hydroxylation sites is 1. The first-order chi connectivity index (χ1) is 13.9. The van der Waals surface area contributed by atoms with E-state index in [1.165, 1.54) is 6.92 Å². The van der Waals surface area contributed by atoms with E-state index in [1.54, 1.807) is 17.0 Å². The van der Waals surface area contributed by atoms with Gasteiger partial charge in [0.15, 0.2) is 0 Å². The molecule has 1 N–H and O–H groups in total. The Balaban J connectivity index is 1.79. The van der Waals surface area contributed by atoms with Crippen LogP contribution in [0.3, 0.4) is 0 Å². The summed E-state index contributed by atoms with van der Waals surface area (Å²) in [7, 11) is 0. The summed E-state index contributed by atoms with van der Waals surface area (Å²) in [4.78, 5) is 40.6. The van der Waals surface area contributed by atoms with Crippen molar-refractivity contribution < 1.29 is 19.5 Å². The minimum absolute atomic E-state index is 0.138. The van der Waals surface area contributed by atoms with Crippen LogP contribution in [-0.2, 0) is 20.9 Å². The van der Waals surface area contributed by atoms with Gasteiger partial charge in [-0.25, -0.2) is 4.79 Å². The number of fused-ring (bicyclic) bond motifs is 1. The van der Waals surface area contributed by atoms with Gasteiger partial charge >= 0.3 is 5.97 Å². The second-order valence-electron chi connectivity index (χ2n) is 6.66. The molecule has 146 valence electrons. The Morgan fingerprint density at radius 1 is 1.07 bits per heavy atom. The molecule has 4 rings (SSSR count). The van der Waals surface area contributed by atoms with Crippen LogP contribution in [0.5, 0.6) is 0 Å². The Hall–Kier alpha value is -2.97. The summed E-state index contributed by atoms with van der Waals surface area (Å²) in [5, 5.41) is 9.29. The zero-order chi connectivity index (χ0) is 20.7. The normalized spacial score (nSPS) is 19.7. The molecule has 0 aromatic heterocycles. The quantitative estimate of drug-likeness (QED) is 0.600. The fraction of sp³-hybridized carbons (Fsp3) is 0.143. The van der Waals surface area contributed by atoms with E-state index in [4.69, 9.17) is 12.2 Å². The van der Waals surface area contributed by atoms with Crippen molar-refractivity contribution in [2.24, 2.45) is 0 Å². The number of rotatable bonds is 4. The van der Waals surface area contributed by atoms with E-state index in [9.17, 15) is 19.5 Å². The number of benzene rings is 2. The zero-order valence-electron chi connectivity index (χ0n) is 15.4. The summed E-state index contributed by atoms with van der Waals surface area (Å²) in [6, 6.07) is 15.7. The highest BCUT2D eigenvalue weighted by molar-refractivity contribution is 8.26. The van der Waals surface area contributed by atoms with Gasteiger partial charge in [-0.2, -0.15) is 0 Å². The van der Waals surface area contributed by atoms with Gasteiger partial charge in [0.25, 0.3) is 11.8 Å². The van der Waals surface area contributed by atoms with Gasteiger partial charge in [0, 0.05) is 5.56 Å². The highest BCUT2D eigenvalue weighted by Gasteiger charge is 2.44. The molecule has 1 fully saturated rings. The van der Waals surface area contributed by atoms with Crippen LogP contribution in [0, 0.1) is 0 Å². The Morgan fingerprint density at radius 3 is 2.41 bits per heavy atom. The number of thiocarbonyl (C=S) groups is 1. The number of hydrogen-bond donors (Lipinski definition) is 1. The molecule has 0 spiro atoms. The number of anilines is 1. The Bertz CT molecular complexity index is 1080. The number of thioether (sulfide) groups is 1. The molecule has 1 saturated heterocycles. The lowest BCUT2D eigenvalue weighted by atomic mass is 10.1. The standard InChI is InChI=1S/C21H16N2O4S2/c1-12(20(26)27)23-19(25)17(29-21(23)28)16-14-9-5-6-10-15(14)22(18(16)24)11-13-7-3-2-4-8-13/h2-10,12H,11H2,1H3,(H,26,27)/b17-16+/t12-/m0/s1. The maximum Gasteiger partial charge on any atom is 0.326 e. The van der Waals surface area contributed by atoms with E-state index in [2.05, 4.69) is 0 Å². The minimum Gasteiger partial charge on any atom is -0.480 e. The van der Waals surface area contributed by atoms with E-state index >= 15 is 0 Å². The Morgan fingerprint density at radius 2 is 1.72 bits per heavy atom. The zero-order valence-corrected chi connectivity index (χ0v) is 17.0. The highest BCUT2D eigenvalue weighted by atomic mass is 32.2. The minimum atomic E-state index is -1.16. The summed E-state index contributed by atoms with van der Waals surface area (Å²) in [6.45, 7) is 1.76. The first-order valence-electron chi connectivity index (χ1n) is 8.87. The predicted molar refractivity (Wildman–Crippen MR) is 115 cm³/mol. The van der Waals surface area contributed by atoms with Crippen molar-refractivity contribution in [2.75, 3.05) is 4.90 Å². The molecule has 0 saturated carbocycles. The first-order valence-corrected chi connectivity index (χ1v) is 10.1. The van der Waals surface area contributed by atoms with Crippen LogP contribution in [-0.4, -0.2) is 38.2 Å². The van der Waals surface area contributed by atoms with E-state index in [-0.39, 0.29) is 20.7 Å². The summed E-state index contributed by atoms with van der Waals surface area (Å²) < 4.78 is 0.138. The fourth-order valence-corrected chi connectivity index (χ4v) is 4.89. The lowest BCUT2D eigenvalue weighted by Crippen LogP contribution is -2.41. The van der Waals surface area contributed by atoms with Crippen molar-refractivity contribution in [3.8, 4) is 0 Å². The van der Waals surface area contributed by atoms with Crippen molar-refractivity contribution in [3.05, 3.63) is 70.6 Å². The van der Waals surface area contributed by atoms with Crippen LogP contribution in [0.2, 0.25) is 0 Å². The monoisotopic (exact) mass is 424 g/mol. The third-order valence-corrected chi connectivity index (χ3v) is 6.28. The van der Waals surface area contributed by atoms with Crippen LogP contribution < -0.4 is 4.90 Å². The predicted octanol–water partition coefficient (Wildman–Crippen LogP) is 3.28. The van der Waals surface area contributed by atoms with E-state index < -0.39 is 17.9 Å². The molecule has 8 heteroatoms. The smallest absolute Gasteiger partial charge is 0.326 e. The summed E-state index contributed by atoms with van der Waals surface area (Å²) in [5.41, 5.74) is 2.60. The van der Waals surface area contributed by atoms with Crippen molar-refractivity contribution in [3.63, 3.8) is 0 Å². The molecule has 2 aliphatic rings. The lowest BCUT2D eigenvalue weighted by molar-refractivity contribution is -0.144. The van der Waals surface area contributed by atoms with Crippen molar-refractivity contribution in [2.45, 2.75) is 19.5 Å². The molecule has 0 aliphatic carbocycles. The van der Waals surface area contributed by atoms with Crippen molar-refractivity contribution in [1.29, 1.82) is 0 Å². The largest absolute Gasteiger partial charge is 0.480 e. The number of carboxylic acid groups (broad SMARTS) is 1. The van der Waals surface area contributed by atoms with Crippen LogP contribution in [0.15, 0.2) is 59.5 Å². The second-order valence-corrected chi connectivity index (χ2v) is 8.30. The third-order valence-electron chi connectivity index (χ3n) is 4.88. The maximum absolute atomic E-state index is 13.3. The molecule has 0 unspecified atom stereocenters. The Kier molecular flexibility index (Phi) is 4.97. The molecule has 2 heterocycles. The molecule has 6 nitrogen and oxygen atoms in total. The van der Waals surface area contributed by atoms with Crippen LogP contribution >= 0.6 is 24.0 Å². The molecule has 1 atom stereocenters. The van der Waals surface area contributed by atoms with Crippen LogP contribution in [0.1, 0.15) is 18.1 Å². The first kappa shape index (κ1) is 19.4. The van der Waals surface area contributed by atoms with Gasteiger partial charge < -0.3 is 10.0 Å². The highest BCUT2D eigenvalue weighted by Crippen LogP contribution is 2.45. The van der Waals surface area contributed by atoms with E-state index in [0.717, 1.165) is 22.2 Å². The number of amides is 2. The lowest BCUT2D eigenvalue weighted by Gasteiger charge is -2.19. The van der Waals surface area contributed by atoms with Crippen LogP contribution in [0.25, 0.3) is 5.57 Å². The van der Waals surface area contributed by atoms with Gasteiger partial charge in [-0.3, -0.25) is 14.5 Å². The number of carboxylic acids is 1. The van der Waals surface area contributed by atoms with Crippen molar-refractivity contribution in [1.82, 2.24) is 4.90 Å². The topological polar surface area (TPSA) is 77.9 Å². The molecular formula is C21H16N2O4S2. The van der Waals surface area contributed by atoms with Gasteiger partial charge in [0.05, 0.1) is 22.7 Å².